The van der Waals surface area contributed by atoms with Crippen LogP contribution < -0.4 is 9.47 Å². The molecule has 37 heavy (non-hydrogen) atoms. The summed E-state index contributed by atoms with van der Waals surface area (Å²) in [6.45, 7) is 16.1. The maximum Gasteiger partial charge on any atom is 0.201 e. The molecule has 0 amide bonds. The van der Waals surface area contributed by atoms with E-state index in [0.29, 0.717) is 23.7 Å². The lowest BCUT2D eigenvalue weighted by atomic mass is 9.52. The van der Waals surface area contributed by atoms with Crippen molar-refractivity contribution in [3.05, 3.63) is 72.8 Å². The van der Waals surface area contributed by atoms with Crippen LogP contribution in [-0.2, 0) is 12.8 Å². The number of allylic oxidation sites excluding steroid dienone is 2. The Kier molecular flexibility index (Phi) is 7.80. The van der Waals surface area contributed by atoms with Gasteiger partial charge in [-0.3, -0.25) is 0 Å². The number of ether oxygens (including phenoxy) is 2. The zero-order chi connectivity index (χ0) is 26.8. The Bertz CT molecular complexity index is 1110. The van der Waals surface area contributed by atoms with Crippen molar-refractivity contribution >= 4 is 0 Å². The third-order valence-corrected chi connectivity index (χ3v) is 8.94. The summed E-state index contributed by atoms with van der Waals surface area (Å²) >= 11 is 0. The third kappa shape index (κ3) is 5.90. The van der Waals surface area contributed by atoms with E-state index in [2.05, 4.69) is 27.0 Å². The number of phenols is 1. The molecule has 0 unspecified atom stereocenters. The van der Waals surface area contributed by atoms with Gasteiger partial charge in [-0.25, -0.2) is 0 Å². The lowest BCUT2D eigenvalue weighted by Crippen LogP contribution is -2.56. The zero-order valence-electron chi connectivity index (χ0n) is 23.1. The Labute approximate surface area is 223 Å². The number of hydrogen-bond acceptors (Lipinski definition) is 4. The van der Waals surface area contributed by atoms with Gasteiger partial charge in [0.15, 0.2) is 11.5 Å². The molecule has 2 aromatic rings. The van der Waals surface area contributed by atoms with Crippen molar-refractivity contribution in [3.63, 3.8) is 0 Å². The fourth-order valence-electron chi connectivity index (χ4n) is 6.75. The van der Waals surface area contributed by atoms with Crippen molar-refractivity contribution in [2.45, 2.75) is 90.3 Å². The Hall–Kier alpha value is -2.72. The summed E-state index contributed by atoms with van der Waals surface area (Å²) in [5.41, 5.74) is 1.12. The molecular formula is C33H44O4. The van der Waals surface area contributed by atoms with Crippen LogP contribution in [0.2, 0.25) is 0 Å². The molecule has 200 valence electrons. The summed E-state index contributed by atoms with van der Waals surface area (Å²) in [7, 11) is 0. The first-order valence-corrected chi connectivity index (χ1v) is 13.7. The summed E-state index contributed by atoms with van der Waals surface area (Å²) in [5.74, 6) is 2.02. The molecule has 2 fully saturated rings. The topological polar surface area (TPSA) is 58.9 Å². The monoisotopic (exact) mass is 504 g/mol. The zero-order valence-corrected chi connectivity index (χ0v) is 23.1. The van der Waals surface area contributed by atoms with Gasteiger partial charge in [0.05, 0.1) is 5.60 Å². The molecule has 4 atom stereocenters. The van der Waals surface area contributed by atoms with E-state index in [9.17, 15) is 10.2 Å². The standard InChI is InChI=1S/C33H44O4/c1-7-10-23-12-14-26(15-13-23)36-27-20-24(11-8-2)21-28(30(27)34)37-33(6)18-9-17-32(5)19-16-25(22-29(32)33)31(3,4)35/h7-8,12-15,20-21,25,29,34-35H,1-2,9-11,16-19,22H2,3-6H3/t25-,29+,32-,33-/m1/s1. The van der Waals surface area contributed by atoms with Crippen LogP contribution in [0.15, 0.2) is 61.7 Å². The fourth-order valence-corrected chi connectivity index (χ4v) is 6.75. The maximum atomic E-state index is 11.3. The number of benzene rings is 2. The van der Waals surface area contributed by atoms with Gasteiger partial charge >= 0.3 is 0 Å². The Morgan fingerprint density at radius 2 is 1.62 bits per heavy atom. The van der Waals surface area contributed by atoms with Gasteiger partial charge in [0.2, 0.25) is 5.75 Å². The summed E-state index contributed by atoms with van der Waals surface area (Å²) in [6, 6.07) is 11.6. The van der Waals surface area contributed by atoms with Gasteiger partial charge in [0.1, 0.15) is 11.4 Å². The number of aromatic hydroxyl groups is 1. The van der Waals surface area contributed by atoms with Crippen molar-refractivity contribution in [1.82, 2.24) is 0 Å². The van der Waals surface area contributed by atoms with E-state index in [0.717, 1.165) is 49.7 Å². The molecule has 2 aliphatic carbocycles. The van der Waals surface area contributed by atoms with Gasteiger partial charge in [-0.05, 0) is 119 Å². The van der Waals surface area contributed by atoms with E-state index in [1.54, 1.807) is 0 Å². The van der Waals surface area contributed by atoms with E-state index >= 15 is 0 Å². The summed E-state index contributed by atoms with van der Waals surface area (Å²) in [5, 5.41) is 22.2. The molecule has 2 aliphatic rings. The number of rotatable bonds is 9. The highest BCUT2D eigenvalue weighted by molar-refractivity contribution is 5.55. The molecule has 4 heteroatoms. The van der Waals surface area contributed by atoms with Crippen molar-refractivity contribution in [2.75, 3.05) is 0 Å². The van der Waals surface area contributed by atoms with Crippen LogP contribution in [0.3, 0.4) is 0 Å². The highest BCUT2D eigenvalue weighted by Crippen LogP contribution is 2.58. The number of fused-ring (bicyclic) bond motifs is 1. The highest BCUT2D eigenvalue weighted by atomic mass is 16.5. The number of hydrogen-bond donors (Lipinski definition) is 2. The molecule has 0 aliphatic heterocycles. The summed E-state index contributed by atoms with van der Waals surface area (Å²) in [6.07, 6.45) is 11.4. The summed E-state index contributed by atoms with van der Waals surface area (Å²) in [4.78, 5) is 0. The average molecular weight is 505 g/mol. The molecule has 4 nitrogen and oxygen atoms in total. The molecule has 2 N–H and O–H groups in total. The molecule has 2 aromatic carbocycles. The molecule has 0 heterocycles. The Morgan fingerprint density at radius 3 is 2.27 bits per heavy atom. The second kappa shape index (κ2) is 10.6. The van der Waals surface area contributed by atoms with Gasteiger partial charge in [0.25, 0.3) is 0 Å². The van der Waals surface area contributed by atoms with Crippen LogP contribution in [0, 0.1) is 17.3 Å². The normalized spacial score (nSPS) is 27.7. The van der Waals surface area contributed by atoms with E-state index in [-0.39, 0.29) is 23.0 Å². The van der Waals surface area contributed by atoms with Crippen molar-refractivity contribution in [1.29, 1.82) is 0 Å². The minimum atomic E-state index is -0.714. The van der Waals surface area contributed by atoms with Gasteiger partial charge in [0, 0.05) is 5.92 Å². The van der Waals surface area contributed by atoms with Crippen LogP contribution in [0.5, 0.6) is 23.0 Å². The predicted octanol–water partition coefficient (Wildman–Crippen LogP) is 8.16. The van der Waals surface area contributed by atoms with Crippen LogP contribution in [-0.4, -0.2) is 21.4 Å². The molecule has 4 rings (SSSR count). The van der Waals surface area contributed by atoms with Gasteiger partial charge in [-0.2, -0.15) is 0 Å². The number of aliphatic hydroxyl groups is 1. The first kappa shape index (κ1) is 27.3. The lowest BCUT2D eigenvalue weighted by molar-refractivity contribution is -0.131. The second-order valence-corrected chi connectivity index (χ2v) is 12.3. The molecule has 2 saturated carbocycles. The SMILES string of the molecule is C=CCc1ccc(Oc2cc(CC=C)cc(O[C@]3(C)CCC[C@]4(C)CC[C@@H](C(C)(C)O)C[C@@H]43)c2O)cc1. The largest absolute Gasteiger partial charge is 0.502 e. The molecule has 0 aromatic heterocycles. The van der Waals surface area contributed by atoms with Crippen molar-refractivity contribution < 1.29 is 19.7 Å². The van der Waals surface area contributed by atoms with Crippen LogP contribution in [0.25, 0.3) is 0 Å². The van der Waals surface area contributed by atoms with E-state index in [1.165, 1.54) is 6.42 Å². The molecule has 0 bridgehead atoms. The van der Waals surface area contributed by atoms with Gasteiger partial charge in [-0.15, -0.1) is 13.2 Å². The second-order valence-electron chi connectivity index (χ2n) is 12.3. The third-order valence-electron chi connectivity index (χ3n) is 8.94. The van der Waals surface area contributed by atoms with Crippen LogP contribution in [0.4, 0.5) is 0 Å². The van der Waals surface area contributed by atoms with Gasteiger partial charge in [-0.1, -0.05) is 31.2 Å². The minimum Gasteiger partial charge on any atom is -0.502 e. The van der Waals surface area contributed by atoms with Crippen LogP contribution >= 0.6 is 0 Å². The predicted molar refractivity (Wildman–Crippen MR) is 151 cm³/mol. The smallest absolute Gasteiger partial charge is 0.201 e. The first-order chi connectivity index (χ1) is 17.5. The Balaban J connectivity index is 1.66. The maximum absolute atomic E-state index is 11.3. The molecule has 0 spiro atoms. The molecule has 0 saturated heterocycles. The first-order valence-electron chi connectivity index (χ1n) is 13.7. The van der Waals surface area contributed by atoms with Gasteiger partial charge < -0.3 is 19.7 Å². The lowest BCUT2D eigenvalue weighted by Gasteiger charge is -2.57. The van der Waals surface area contributed by atoms with Crippen LogP contribution in [0.1, 0.15) is 77.3 Å². The summed E-state index contributed by atoms with van der Waals surface area (Å²) < 4.78 is 13.0. The quantitative estimate of drug-likeness (QED) is 0.338. The van der Waals surface area contributed by atoms with E-state index in [4.69, 9.17) is 9.47 Å². The van der Waals surface area contributed by atoms with E-state index < -0.39 is 11.2 Å². The van der Waals surface area contributed by atoms with Crippen molar-refractivity contribution in [3.8, 4) is 23.0 Å². The Morgan fingerprint density at radius 1 is 0.973 bits per heavy atom. The van der Waals surface area contributed by atoms with E-state index in [1.807, 2.05) is 62.4 Å². The average Bonchev–Trinajstić information content (AvgIpc) is 2.82. The molecular weight excluding hydrogens is 460 g/mol. The fraction of sp³-hybridized carbons (Fsp3) is 0.515. The minimum absolute atomic E-state index is 0.0197. The number of phenolic OH excluding ortho intramolecular Hbond substituents is 1. The highest BCUT2D eigenvalue weighted by Gasteiger charge is 2.54. The van der Waals surface area contributed by atoms with Crippen molar-refractivity contribution in [2.24, 2.45) is 17.3 Å². The molecule has 0 radical (unpaired) electrons.